The minimum Gasteiger partial charge on any atom is -0.505 e. The molecule has 1 atom stereocenters. The van der Waals surface area contributed by atoms with Crippen LogP contribution in [0.25, 0.3) is 0 Å². The van der Waals surface area contributed by atoms with E-state index in [1.165, 1.54) is 18.2 Å². The van der Waals surface area contributed by atoms with Gasteiger partial charge < -0.3 is 25.4 Å². The van der Waals surface area contributed by atoms with E-state index in [4.69, 9.17) is 15.2 Å². The molecule has 2 heterocycles. The van der Waals surface area contributed by atoms with Crippen molar-refractivity contribution in [3.05, 3.63) is 81.9 Å². The highest BCUT2D eigenvalue weighted by Crippen LogP contribution is 2.58. The molecule has 0 fully saturated rings. The minimum atomic E-state index is -1.86. The number of benzene rings is 3. The number of rotatable bonds is 2. The molecule has 1 unspecified atom stereocenters. The molecule has 0 aromatic heterocycles. The van der Waals surface area contributed by atoms with Gasteiger partial charge in [-0.05, 0) is 29.8 Å². The molecule has 1 amide bonds. The molecule has 0 saturated carbocycles. The van der Waals surface area contributed by atoms with Crippen LogP contribution < -0.4 is 10.5 Å². The van der Waals surface area contributed by atoms with Gasteiger partial charge in [-0.25, -0.2) is 13.6 Å². The van der Waals surface area contributed by atoms with Gasteiger partial charge in [-0.1, -0.05) is 28.7 Å². The van der Waals surface area contributed by atoms with E-state index in [9.17, 15) is 28.6 Å². The Balaban J connectivity index is 1.89. The fraction of sp³-hybridized carbons (Fsp3) is 0.0909. The van der Waals surface area contributed by atoms with Crippen LogP contribution >= 0.6 is 22.6 Å². The number of carbonyl (C=O) groups is 2. The number of halogens is 3. The van der Waals surface area contributed by atoms with Gasteiger partial charge in [-0.2, -0.15) is 0 Å². The third-order valence-corrected chi connectivity index (χ3v) is 6.84. The largest absolute Gasteiger partial charge is 0.505 e. The van der Waals surface area contributed by atoms with Crippen LogP contribution in [-0.2, 0) is 15.1 Å². The Bertz CT molecular complexity index is 1300. The van der Waals surface area contributed by atoms with Crippen molar-refractivity contribution in [3.8, 4) is 23.0 Å². The molecule has 3 aromatic rings. The number of nitrogens with two attached hydrogens (primary N) is 1. The number of alkyl halides is 1. The number of phenolic OH excluding ortho intramolecular Hbond substituents is 2. The lowest BCUT2D eigenvalue weighted by molar-refractivity contribution is -0.117. The molecule has 0 bridgehead atoms. The van der Waals surface area contributed by atoms with E-state index in [0.717, 1.165) is 24.3 Å². The summed E-state index contributed by atoms with van der Waals surface area (Å²) in [5.41, 5.74) is 4.33. The lowest BCUT2D eigenvalue weighted by Crippen LogP contribution is -2.33. The van der Waals surface area contributed by atoms with E-state index < -0.39 is 44.5 Å². The van der Waals surface area contributed by atoms with Crippen LogP contribution in [0.3, 0.4) is 0 Å². The zero-order chi connectivity index (χ0) is 22.9. The van der Waals surface area contributed by atoms with Crippen molar-refractivity contribution in [1.29, 1.82) is 0 Å². The second-order valence-electron chi connectivity index (χ2n) is 7.34. The number of esters is 1. The molecule has 32 heavy (non-hydrogen) atoms. The Hall–Kier alpha value is -3.41. The number of carbonyl (C=O) groups excluding carboxylic acids is 2. The van der Waals surface area contributed by atoms with E-state index in [-0.39, 0.29) is 33.8 Å². The van der Waals surface area contributed by atoms with Crippen molar-refractivity contribution in [3.63, 3.8) is 0 Å². The zero-order valence-corrected chi connectivity index (χ0v) is 18.0. The van der Waals surface area contributed by atoms with Gasteiger partial charge in [0.05, 0.1) is 16.7 Å². The Morgan fingerprint density at radius 3 is 2.06 bits per heavy atom. The van der Waals surface area contributed by atoms with Crippen LogP contribution in [0, 0.1) is 11.6 Å². The van der Waals surface area contributed by atoms with Crippen molar-refractivity contribution in [2.24, 2.45) is 5.73 Å². The highest BCUT2D eigenvalue weighted by atomic mass is 127. The number of hydrogen-bond donors (Lipinski definition) is 3. The number of hydrogen-bond acceptors (Lipinski definition) is 6. The monoisotopic (exact) mass is 551 g/mol. The number of aromatic hydroxyl groups is 2. The SMILES string of the molecule is NC(=O)C(I)c1ccc2c(c1)C1(OC2=O)c2cc(F)c(O)cc2Oc2cc(O)c(F)cc21. The molecule has 1 spiro atoms. The molecule has 4 N–H and O–H groups in total. The van der Waals surface area contributed by atoms with Crippen LogP contribution in [0.1, 0.15) is 36.5 Å². The van der Waals surface area contributed by atoms with Crippen molar-refractivity contribution >= 4 is 34.5 Å². The molecule has 0 saturated heterocycles. The molecule has 0 radical (unpaired) electrons. The average Bonchev–Trinajstić information content (AvgIpc) is 3.03. The van der Waals surface area contributed by atoms with E-state index in [0.29, 0.717) is 5.56 Å². The van der Waals surface area contributed by atoms with Crippen molar-refractivity contribution < 1.29 is 38.1 Å². The fourth-order valence-electron chi connectivity index (χ4n) is 4.07. The van der Waals surface area contributed by atoms with Crippen LogP contribution in [0.15, 0.2) is 42.5 Å². The van der Waals surface area contributed by atoms with Gasteiger partial charge in [0.1, 0.15) is 15.4 Å². The average molecular weight is 551 g/mol. The first-order chi connectivity index (χ1) is 15.1. The molecule has 162 valence electrons. The quantitative estimate of drug-likeness (QED) is 0.253. The molecular formula is C22H12F2INO6. The van der Waals surface area contributed by atoms with Crippen molar-refractivity contribution in [2.75, 3.05) is 0 Å². The molecule has 10 heteroatoms. The van der Waals surface area contributed by atoms with E-state index in [1.807, 2.05) is 22.6 Å². The van der Waals surface area contributed by atoms with Crippen LogP contribution in [0.4, 0.5) is 8.78 Å². The molecule has 7 nitrogen and oxygen atoms in total. The maximum absolute atomic E-state index is 14.4. The molecule has 5 rings (SSSR count). The van der Waals surface area contributed by atoms with Crippen molar-refractivity contribution in [1.82, 2.24) is 0 Å². The number of phenols is 2. The molecular weight excluding hydrogens is 539 g/mol. The lowest BCUT2D eigenvalue weighted by atomic mass is 9.77. The standard InChI is InChI=1S/C22H12F2INO6/c23-13-4-11-17(6-15(13)27)31-18-7-16(28)14(24)5-12(18)22(11)10-3-8(19(25)20(26)29)1-2-9(10)21(30)32-22/h1-7,19,27-28H,(H2,26,29). The Labute approximate surface area is 192 Å². The first-order valence-electron chi connectivity index (χ1n) is 9.18. The van der Waals surface area contributed by atoms with E-state index in [1.54, 1.807) is 0 Å². The molecule has 3 aromatic carbocycles. The highest BCUT2D eigenvalue weighted by Gasteiger charge is 2.54. The number of amides is 1. The molecule has 2 aliphatic rings. The summed E-state index contributed by atoms with van der Waals surface area (Å²) in [6.07, 6.45) is 0. The third-order valence-electron chi connectivity index (χ3n) is 5.51. The summed E-state index contributed by atoms with van der Waals surface area (Å²) in [5, 5.41) is 19.7. The van der Waals surface area contributed by atoms with Crippen LogP contribution in [0.2, 0.25) is 0 Å². The van der Waals surface area contributed by atoms with Gasteiger partial charge in [0.15, 0.2) is 28.7 Å². The van der Waals surface area contributed by atoms with Gasteiger partial charge in [-0.15, -0.1) is 0 Å². The first kappa shape index (κ1) is 20.5. The van der Waals surface area contributed by atoms with Crippen molar-refractivity contribution in [2.45, 2.75) is 9.53 Å². The summed E-state index contributed by atoms with van der Waals surface area (Å²) >= 11 is 1.84. The summed E-state index contributed by atoms with van der Waals surface area (Å²) in [6, 6.07) is 8.35. The number of fused-ring (bicyclic) bond motifs is 6. The Morgan fingerprint density at radius 1 is 0.969 bits per heavy atom. The maximum atomic E-state index is 14.4. The van der Waals surface area contributed by atoms with Gasteiger partial charge in [0.25, 0.3) is 0 Å². The van der Waals surface area contributed by atoms with Gasteiger partial charge in [0.2, 0.25) is 5.91 Å². The first-order valence-corrected chi connectivity index (χ1v) is 10.4. The second-order valence-corrected chi connectivity index (χ2v) is 8.59. The molecule has 2 aliphatic heterocycles. The topological polar surface area (TPSA) is 119 Å². The lowest BCUT2D eigenvalue weighted by Gasteiger charge is -2.36. The highest BCUT2D eigenvalue weighted by molar-refractivity contribution is 14.1. The zero-order valence-electron chi connectivity index (χ0n) is 15.9. The van der Waals surface area contributed by atoms with Crippen LogP contribution in [-0.4, -0.2) is 22.1 Å². The van der Waals surface area contributed by atoms with Crippen LogP contribution in [0.5, 0.6) is 23.0 Å². The minimum absolute atomic E-state index is 0.00118. The fourth-order valence-corrected chi connectivity index (χ4v) is 4.46. The van der Waals surface area contributed by atoms with Gasteiger partial charge in [-0.3, -0.25) is 4.79 Å². The van der Waals surface area contributed by atoms with E-state index >= 15 is 0 Å². The second kappa shape index (κ2) is 6.79. The molecule has 0 aliphatic carbocycles. The summed E-state index contributed by atoms with van der Waals surface area (Å²) in [4.78, 5) is 24.6. The summed E-state index contributed by atoms with van der Waals surface area (Å²) in [6.45, 7) is 0. The van der Waals surface area contributed by atoms with Gasteiger partial charge >= 0.3 is 5.97 Å². The third kappa shape index (κ3) is 2.68. The van der Waals surface area contributed by atoms with Gasteiger partial charge in [0, 0.05) is 17.7 Å². The predicted octanol–water partition coefficient (Wildman–Crippen LogP) is 3.91. The predicted molar refractivity (Wildman–Crippen MR) is 114 cm³/mol. The summed E-state index contributed by atoms with van der Waals surface area (Å²) < 4.78 is 39.5. The Kier molecular flexibility index (Phi) is 4.35. The summed E-state index contributed by atoms with van der Waals surface area (Å²) in [5.74, 6) is -4.97. The Morgan fingerprint density at radius 2 is 1.53 bits per heavy atom. The summed E-state index contributed by atoms with van der Waals surface area (Å²) in [7, 11) is 0. The number of ether oxygens (including phenoxy) is 2. The smallest absolute Gasteiger partial charge is 0.340 e. The van der Waals surface area contributed by atoms with E-state index in [2.05, 4.69) is 0 Å². The maximum Gasteiger partial charge on any atom is 0.340 e. The number of primary amides is 1. The normalized spacial score (nSPS) is 15.9.